The van der Waals surface area contributed by atoms with Crippen LogP contribution in [0.15, 0.2) is 222 Å². The van der Waals surface area contributed by atoms with Gasteiger partial charge in [-0.1, -0.05) is 121 Å². The molecule has 1 spiro atoms. The average molecular weight is 858 g/mol. The van der Waals surface area contributed by atoms with Crippen molar-refractivity contribution in [3.05, 3.63) is 246 Å². The minimum atomic E-state index is -0.615. The number of pyridine rings is 2. The molecule has 0 bridgehead atoms. The largest absolute Gasteiger partial charge is 0.309 e. The summed E-state index contributed by atoms with van der Waals surface area (Å²) in [4.78, 5) is 16.2. The molecule has 306 valence electrons. The van der Waals surface area contributed by atoms with Crippen molar-refractivity contribution in [2.45, 2.75) is 15.2 Å². The summed E-state index contributed by atoms with van der Waals surface area (Å²) in [6, 6.07) is 72.3. The number of nitrogens with zero attached hydrogens (tertiary/aromatic N) is 5. The lowest BCUT2D eigenvalue weighted by Crippen LogP contribution is -2.32. The predicted molar refractivity (Wildman–Crippen MR) is 269 cm³/mol. The lowest BCUT2D eigenvalue weighted by Gasteiger charge is -2.39. The third kappa shape index (κ3) is 5.12. The quantitative estimate of drug-likeness (QED) is 0.166. The Kier molecular flexibility index (Phi) is 7.83. The van der Waals surface area contributed by atoms with Crippen molar-refractivity contribution in [2.75, 3.05) is 0 Å². The van der Waals surface area contributed by atoms with Crippen molar-refractivity contribution < 1.29 is 0 Å². The molecular weight excluding hydrogens is 823 g/mol. The Morgan fingerprint density at radius 1 is 0.394 bits per heavy atom. The third-order valence-electron chi connectivity index (χ3n) is 13.9. The van der Waals surface area contributed by atoms with Gasteiger partial charge in [0.1, 0.15) is 0 Å². The number of para-hydroxylation sites is 3. The van der Waals surface area contributed by atoms with Gasteiger partial charge in [0.2, 0.25) is 0 Å². The SMILES string of the molecule is [C-]#[N+]c1ccc2c(c1)c1cc(-c3ccc4c(c3)Sc3cc(-c5ccc6c(c5)c5ccccc5n6-c5ccccc5)ccc3C43c4cccnc4-c4ncccc43)ccc1n2-c1ccccc1. The topological polar surface area (TPSA) is 40.0 Å². The van der Waals surface area contributed by atoms with E-state index in [-0.39, 0.29) is 0 Å². The minimum absolute atomic E-state index is 0.615. The first kappa shape index (κ1) is 36.9. The molecule has 0 atom stereocenters. The van der Waals surface area contributed by atoms with Crippen molar-refractivity contribution in [2.24, 2.45) is 0 Å². The monoisotopic (exact) mass is 857 g/mol. The number of fused-ring (bicyclic) bond motifs is 15. The molecule has 4 aromatic heterocycles. The van der Waals surface area contributed by atoms with Gasteiger partial charge in [0.15, 0.2) is 5.69 Å². The number of hydrogen-bond donors (Lipinski definition) is 0. The van der Waals surface area contributed by atoms with Crippen LogP contribution in [0.5, 0.6) is 0 Å². The summed E-state index contributed by atoms with van der Waals surface area (Å²) in [6.45, 7) is 7.84. The van der Waals surface area contributed by atoms with E-state index in [4.69, 9.17) is 16.5 Å². The standard InChI is InChI=1S/C60H35N5S/c1-61-41-24-29-55-47(36-41)46-33-38(23-28-54(46)65(55)43-14-6-3-7-15-43)40-21-26-49-57(35-40)66-56-34-39(20-25-48(56)60(49)50-17-10-30-62-58(50)59-51(60)18-11-31-63-59)37-22-27-53-45(32-37)44-16-8-9-19-52(44)64(53)42-12-4-2-5-13-42/h2-36H. The molecule has 0 saturated carbocycles. The molecule has 0 N–H and O–H groups in total. The highest BCUT2D eigenvalue weighted by molar-refractivity contribution is 7.99. The third-order valence-corrected chi connectivity index (χ3v) is 15.0. The fourth-order valence-electron chi connectivity index (χ4n) is 11.1. The van der Waals surface area contributed by atoms with Crippen LogP contribution >= 0.6 is 11.8 Å². The average Bonchev–Trinajstić information content (AvgIpc) is 4.00. The zero-order chi connectivity index (χ0) is 43.5. The van der Waals surface area contributed by atoms with Gasteiger partial charge in [0.05, 0.1) is 45.4 Å². The fraction of sp³-hybridized carbons (Fsp3) is 0.0167. The number of hydrogen-bond acceptors (Lipinski definition) is 3. The normalized spacial score (nSPS) is 13.2. The van der Waals surface area contributed by atoms with Crippen molar-refractivity contribution in [1.82, 2.24) is 19.1 Å². The summed E-state index contributed by atoms with van der Waals surface area (Å²) in [5, 5.41) is 4.65. The van der Waals surface area contributed by atoms with Crippen molar-refractivity contribution in [3.8, 4) is 45.0 Å². The van der Waals surface area contributed by atoms with E-state index in [9.17, 15) is 0 Å². The molecule has 2 aliphatic rings. The second-order valence-electron chi connectivity index (χ2n) is 17.2. The summed E-state index contributed by atoms with van der Waals surface area (Å²) in [5.74, 6) is 0. The van der Waals surface area contributed by atoms with Crippen LogP contribution in [0.25, 0.3) is 93.5 Å². The van der Waals surface area contributed by atoms with E-state index in [1.165, 1.54) is 53.9 Å². The van der Waals surface area contributed by atoms with Gasteiger partial charge in [-0.05, 0) is 141 Å². The molecule has 66 heavy (non-hydrogen) atoms. The predicted octanol–water partition coefficient (Wildman–Crippen LogP) is 15.4. The summed E-state index contributed by atoms with van der Waals surface area (Å²) in [6.07, 6.45) is 3.78. The lowest BCUT2D eigenvalue weighted by molar-refractivity contribution is 0.720. The maximum absolute atomic E-state index is 7.84. The number of aromatic nitrogens is 4. The van der Waals surface area contributed by atoms with Crippen LogP contribution in [0.4, 0.5) is 5.69 Å². The van der Waals surface area contributed by atoms with E-state index < -0.39 is 5.41 Å². The second-order valence-corrected chi connectivity index (χ2v) is 18.3. The molecule has 0 unspecified atom stereocenters. The van der Waals surface area contributed by atoms with Gasteiger partial charge in [-0.25, -0.2) is 4.85 Å². The van der Waals surface area contributed by atoms with Crippen LogP contribution in [0, 0.1) is 6.57 Å². The Balaban J connectivity index is 0.963. The van der Waals surface area contributed by atoms with Gasteiger partial charge in [-0.3, -0.25) is 9.97 Å². The number of rotatable bonds is 4. The Morgan fingerprint density at radius 3 is 1.41 bits per heavy atom. The summed E-state index contributed by atoms with van der Waals surface area (Å²) in [7, 11) is 0. The van der Waals surface area contributed by atoms with Crippen molar-refractivity contribution in [3.63, 3.8) is 0 Å². The fourth-order valence-corrected chi connectivity index (χ4v) is 12.4. The van der Waals surface area contributed by atoms with Gasteiger partial charge in [0.25, 0.3) is 0 Å². The first-order chi connectivity index (χ1) is 32.7. The van der Waals surface area contributed by atoms with Crippen LogP contribution in [0.1, 0.15) is 22.3 Å². The molecule has 1 aliphatic heterocycles. The molecule has 0 radical (unpaired) electrons. The second kappa shape index (κ2) is 14.0. The van der Waals surface area contributed by atoms with Crippen molar-refractivity contribution in [1.29, 1.82) is 0 Å². The molecule has 14 rings (SSSR count). The van der Waals surface area contributed by atoms with Crippen LogP contribution < -0.4 is 0 Å². The molecule has 0 saturated heterocycles. The molecule has 0 amide bonds. The molecule has 5 heterocycles. The summed E-state index contributed by atoms with van der Waals surface area (Å²) in [5.41, 5.74) is 18.1. The Bertz CT molecular complexity index is 4000. The van der Waals surface area contributed by atoms with Crippen LogP contribution in [-0.4, -0.2) is 19.1 Å². The molecule has 0 fully saturated rings. The minimum Gasteiger partial charge on any atom is -0.309 e. The van der Waals surface area contributed by atoms with Crippen molar-refractivity contribution >= 4 is 61.1 Å². The Labute approximate surface area is 384 Å². The molecule has 8 aromatic carbocycles. The molecule has 6 heteroatoms. The Hall–Kier alpha value is -8.50. The van der Waals surface area contributed by atoms with Gasteiger partial charge >= 0.3 is 0 Å². The van der Waals surface area contributed by atoms with Gasteiger partial charge in [-0.2, -0.15) is 0 Å². The zero-order valence-corrected chi connectivity index (χ0v) is 36.2. The summed E-state index contributed by atoms with van der Waals surface area (Å²) < 4.78 is 4.68. The number of benzene rings is 8. The Morgan fingerprint density at radius 2 is 0.848 bits per heavy atom. The van der Waals surface area contributed by atoms with Gasteiger partial charge in [0, 0.05) is 49.7 Å². The van der Waals surface area contributed by atoms with E-state index in [1.54, 1.807) is 0 Å². The summed E-state index contributed by atoms with van der Waals surface area (Å²) >= 11 is 1.85. The van der Waals surface area contributed by atoms with E-state index in [0.29, 0.717) is 5.69 Å². The maximum Gasteiger partial charge on any atom is 0.188 e. The van der Waals surface area contributed by atoms with Crippen LogP contribution in [0.2, 0.25) is 0 Å². The maximum atomic E-state index is 7.84. The van der Waals surface area contributed by atoms with E-state index >= 15 is 0 Å². The smallest absolute Gasteiger partial charge is 0.188 e. The highest BCUT2D eigenvalue weighted by atomic mass is 32.2. The highest BCUT2D eigenvalue weighted by Crippen LogP contribution is 2.62. The van der Waals surface area contributed by atoms with Crippen LogP contribution in [0.3, 0.4) is 0 Å². The lowest BCUT2D eigenvalue weighted by atomic mass is 9.67. The molecule has 12 aromatic rings. The highest BCUT2D eigenvalue weighted by Gasteiger charge is 2.51. The van der Waals surface area contributed by atoms with E-state index in [2.05, 4.69) is 196 Å². The van der Waals surface area contributed by atoms with Gasteiger partial charge < -0.3 is 9.13 Å². The molecule has 1 aliphatic carbocycles. The zero-order valence-electron chi connectivity index (χ0n) is 35.4. The van der Waals surface area contributed by atoms with E-state index in [0.717, 1.165) is 66.8 Å². The molecular formula is C60H35N5S. The first-order valence-corrected chi connectivity index (χ1v) is 23.0. The van der Waals surface area contributed by atoms with Gasteiger partial charge in [-0.15, -0.1) is 0 Å². The molecule has 5 nitrogen and oxygen atoms in total. The van der Waals surface area contributed by atoms with E-state index in [1.807, 2.05) is 42.4 Å². The first-order valence-electron chi connectivity index (χ1n) is 22.2. The van der Waals surface area contributed by atoms with Crippen LogP contribution in [-0.2, 0) is 5.41 Å².